The summed E-state index contributed by atoms with van der Waals surface area (Å²) in [6, 6.07) is 11.9. The van der Waals surface area contributed by atoms with Gasteiger partial charge in [0.05, 0.1) is 19.3 Å². The molecule has 1 aliphatic rings. The Kier molecular flexibility index (Phi) is 8.91. The lowest BCUT2D eigenvalue weighted by molar-refractivity contribution is 0.0310. The van der Waals surface area contributed by atoms with Crippen molar-refractivity contribution in [3.63, 3.8) is 0 Å². The van der Waals surface area contributed by atoms with Crippen molar-refractivity contribution in [2.75, 3.05) is 48.4 Å². The number of aromatic nitrogens is 2. The van der Waals surface area contributed by atoms with Gasteiger partial charge in [0, 0.05) is 43.4 Å². The number of likely N-dealkylation sites (N-methyl/N-ethyl adjacent to an activating group) is 1. The molecule has 1 unspecified atom stereocenters. The Hall–Kier alpha value is -3.70. The van der Waals surface area contributed by atoms with E-state index in [9.17, 15) is 9.59 Å². The standard InChI is InChI=1S/C26H32N6O4S/c1-3-28-26-29-16-20-23(30-26)31(2)11-12-32(24(20)33)19-8-4-7-18(15-19)17-36-21(22-10-6-14-37-22)9-5-13-35-25(27)34/h4,6-8,10,14-16,21H,3,5,9,11-13,17H2,1-2H3,(H2,27,34)(H,28,29,30). The highest BCUT2D eigenvalue weighted by molar-refractivity contribution is 7.10. The van der Waals surface area contributed by atoms with Crippen LogP contribution in [0.1, 0.15) is 46.7 Å². The Morgan fingerprint density at radius 1 is 1.27 bits per heavy atom. The molecule has 2 amide bonds. The van der Waals surface area contributed by atoms with Crippen LogP contribution in [0, 0.1) is 0 Å². The van der Waals surface area contributed by atoms with E-state index in [4.69, 9.17) is 15.2 Å². The summed E-state index contributed by atoms with van der Waals surface area (Å²) in [4.78, 5) is 38.1. The number of nitrogens with zero attached hydrogens (tertiary/aromatic N) is 4. The minimum atomic E-state index is -0.771. The topological polar surface area (TPSA) is 123 Å². The molecule has 196 valence electrons. The first-order valence-electron chi connectivity index (χ1n) is 12.3. The van der Waals surface area contributed by atoms with Gasteiger partial charge < -0.3 is 30.3 Å². The Labute approximate surface area is 220 Å². The maximum Gasteiger partial charge on any atom is 0.404 e. The third-order valence-corrected chi connectivity index (χ3v) is 6.95. The predicted molar refractivity (Wildman–Crippen MR) is 144 cm³/mol. The van der Waals surface area contributed by atoms with E-state index in [1.54, 1.807) is 22.4 Å². The fraction of sp³-hybridized carbons (Fsp3) is 0.385. The Balaban J connectivity index is 1.47. The lowest BCUT2D eigenvalue weighted by atomic mass is 10.1. The quantitative estimate of drug-likeness (QED) is 0.358. The highest BCUT2D eigenvalue weighted by Crippen LogP contribution is 2.30. The average molecular weight is 525 g/mol. The molecule has 0 saturated heterocycles. The molecule has 3 aromatic rings. The van der Waals surface area contributed by atoms with Gasteiger partial charge in [-0.2, -0.15) is 4.98 Å². The van der Waals surface area contributed by atoms with Gasteiger partial charge in [-0.1, -0.05) is 18.2 Å². The second-order valence-electron chi connectivity index (χ2n) is 8.63. The number of fused-ring (bicyclic) bond motifs is 1. The van der Waals surface area contributed by atoms with Gasteiger partial charge in [-0.3, -0.25) is 4.79 Å². The molecule has 0 saturated carbocycles. The molecule has 0 bridgehead atoms. The zero-order valence-corrected chi connectivity index (χ0v) is 21.9. The molecule has 10 nitrogen and oxygen atoms in total. The molecule has 0 aliphatic carbocycles. The molecule has 0 fully saturated rings. The molecule has 1 aromatic carbocycles. The highest BCUT2D eigenvalue weighted by atomic mass is 32.1. The smallest absolute Gasteiger partial charge is 0.404 e. The molecule has 0 radical (unpaired) electrons. The van der Waals surface area contributed by atoms with Crippen molar-refractivity contribution in [1.29, 1.82) is 0 Å². The molecule has 11 heteroatoms. The van der Waals surface area contributed by atoms with E-state index in [0.717, 1.165) is 16.1 Å². The van der Waals surface area contributed by atoms with E-state index in [1.807, 2.05) is 60.6 Å². The van der Waals surface area contributed by atoms with Gasteiger partial charge >= 0.3 is 6.09 Å². The number of amides is 2. The highest BCUT2D eigenvalue weighted by Gasteiger charge is 2.28. The van der Waals surface area contributed by atoms with E-state index in [1.165, 1.54) is 0 Å². The number of carbonyl (C=O) groups is 2. The number of primary amides is 1. The number of hydrogen-bond donors (Lipinski definition) is 2. The molecular weight excluding hydrogens is 492 g/mol. The summed E-state index contributed by atoms with van der Waals surface area (Å²) in [6.07, 6.45) is 2.02. The van der Waals surface area contributed by atoms with Crippen molar-refractivity contribution >= 4 is 40.8 Å². The SMILES string of the molecule is CCNc1ncc2c(n1)N(C)CCN(c1cccc(COC(CCCOC(N)=O)c3cccs3)c1)C2=O. The van der Waals surface area contributed by atoms with Crippen molar-refractivity contribution in [3.05, 3.63) is 64.0 Å². The number of nitrogens with one attached hydrogen (secondary N) is 1. The molecule has 37 heavy (non-hydrogen) atoms. The van der Waals surface area contributed by atoms with Crippen LogP contribution < -0.4 is 20.9 Å². The third-order valence-electron chi connectivity index (χ3n) is 5.99. The number of anilines is 3. The second-order valence-corrected chi connectivity index (χ2v) is 9.61. The molecule has 0 spiro atoms. The van der Waals surface area contributed by atoms with Crippen LogP contribution in [0.15, 0.2) is 48.0 Å². The van der Waals surface area contributed by atoms with Crippen LogP contribution in [0.25, 0.3) is 0 Å². The van der Waals surface area contributed by atoms with E-state index in [2.05, 4.69) is 15.3 Å². The molecule has 4 rings (SSSR count). The summed E-state index contributed by atoms with van der Waals surface area (Å²) in [5.74, 6) is 0.999. The van der Waals surface area contributed by atoms with Gasteiger partial charge in [-0.15, -0.1) is 11.3 Å². The summed E-state index contributed by atoms with van der Waals surface area (Å²) in [6.45, 7) is 4.46. The van der Waals surface area contributed by atoms with E-state index in [-0.39, 0.29) is 18.6 Å². The van der Waals surface area contributed by atoms with Crippen molar-refractivity contribution in [2.24, 2.45) is 5.73 Å². The molecule has 2 aromatic heterocycles. The average Bonchev–Trinajstić information content (AvgIpc) is 3.39. The van der Waals surface area contributed by atoms with Crippen LogP contribution in [0.4, 0.5) is 22.2 Å². The molecule has 1 atom stereocenters. The minimum Gasteiger partial charge on any atom is -0.450 e. The van der Waals surface area contributed by atoms with E-state index < -0.39 is 6.09 Å². The van der Waals surface area contributed by atoms with Gasteiger partial charge in [0.2, 0.25) is 5.95 Å². The Morgan fingerprint density at radius 2 is 2.14 bits per heavy atom. The van der Waals surface area contributed by atoms with E-state index in [0.29, 0.717) is 56.4 Å². The first-order valence-corrected chi connectivity index (χ1v) is 13.1. The summed E-state index contributed by atoms with van der Waals surface area (Å²) in [5.41, 5.74) is 7.28. The Morgan fingerprint density at radius 3 is 2.89 bits per heavy atom. The largest absolute Gasteiger partial charge is 0.450 e. The van der Waals surface area contributed by atoms with Crippen LogP contribution in [-0.2, 0) is 16.1 Å². The maximum absolute atomic E-state index is 13.5. The normalized spacial score (nSPS) is 14.2. The van der Waals surface area contributed by atoms with Crippen molar-refractivity contribution in [2.45, 2.75) is 32.5 Å². The maximum atomic E-state index is 13.5. The second kappa shape index (κ2) is 12.5. The number of thiophene rings is 1. The monoisotopic (exact) mass is 524 g/mol. The van der Waals surface area contributed by atoms with E-state index >= 15 is 0 Å². The molecule has 3 heterocycles. The summed E-state index contributed by atoms with van der Waals surface area (Å²) in [5, 5.41) is 5.11. The van der Waals surface area contributed by atoms with Gasteiger partial charge in [0.1, 0.15) is 11.4 Å². The molecule has 1 aliphatic heterocycles. The van der Waals surface area contributed by atoms with Crippen LogP contribution >= 0.6 is 11.3 Å². The molecule has 3 N–H and O–H groups in total. The Bertz CT molecular complexity index is 1210. The lowest BCUT2D eigenvalue weighted by Crippen LogP contribution is -2.33. The van der Waals surface area contributed by atoms with Crippen LogP contribution in [0.3, 0.4) is 0 Å². The number of hydrogen-bond acceptors (Lipinski definition) is 9. The zero-order valence-electron chi connectivity index (χ0n) is 21.1. The number of benzene rings is 1. The fourth-order valence-electron chi connectivity index (χ4n) is 4.14. The number of nitrogens with two attached hydrogens (primary N) is 1. The summed E-state index contributed by atoms with van der Waals surface area (Å²) < 4.78 is 11.1. The van der Waals surface area contributed by atoms with Crippen molar-refractivity contribution in [3.8, 4) is 0 Å². The first-order chi connectivity index (χ1) is 18.0. The van der Waals surface area contributed by atoms with Crippen LogP contribution in [0.5, 0.6) is 0 Å². The van der Waals surface area contributed by atoms with Gasteiger partial charge in [-0.25, -0.2) is 9.78 Å². The van der Waals surface area contributed by atoms with Gasteiger partial charge in [-0.05, 0) is 48.9 Å². The van der Waals surface area contributed by atoms with Crippen LogP contribution in [0.2, 0.25) is 0 Å². The predicted octanol–water partition coefficient (Wildman–Crippen LogP) is 4.20. The lowest BCUT2D eigenvalue weighted by Gasteiger charge is -2.22. The minimum absolute atomic E-state index is 0.133. The molecular formula is C26H32N6O4S. The fourth-order valence-corrected chi connectivity index (χ4v) is 4.95. The summed E-state index contributed by atoms with van der Waals surface area (Å²) in [7, 11) is 1.93. The first kappa shape index (κ1) is 26.4. The number of ether oxygens (including phenoxy) is 2. The third kappa shape index (κ3) is 6.75. The van der Waals surface area contributed by atoms with Gasteiger partial charge in [0.25, 0.3) is 5.91 Å². The van der Waals surface area contributed by atoms with Crippen molar-refractivity contribution in [1.82, 2.24) is 9.97 Å². The number of rotatable bonds is 11. The van der Waals surface area contributed by atoms with Gasteiger partial charge in [0.15, 0.2) is 0 Å². The zero-order chi connectivity index (χ0) is 26.2. The van der Waals surface area contributed by atoms with Crippen LogP contribution in [-0.4, -0.2) is 55.3 Å². The summed E-state index contributed by atoms with van der Waals surface area (Å²) >= 11 is 1.63. The van der Waals surface area contributed by atoms with Crippen molar-refractivity contribution < 1.29 is 19.1 Å². The number of carbonyl (C=O) groups excluding carboxylic acids is 2.